The van der Waals surface area contributed by atoms with E-state index >= 15 is 0 Å². The average molecular weight is 429 g/mol. The summed E-state index contributed by atoms with van der Waals surface area (Å²) in [6.07, 6.45) is 15.0. The van der Waals surface area contributed by atoms with Crippen molar-refractivity contribution in [3.8, 4) is 0 Å². The van der Waals surface area contributed by atoms with Crippen molar-refractivity contribution >= 4 is 0 Å². The highest BCUT2D eigenvalue weighted by Crippen LogP contribution is 2.24. The molecule has 0 aromatic rings. The van der Waals surface area contributed by atoms with E-state index in [0.717, 1.165) is 25.7 Å². The van der Waals surface area contributed by atoms with Gasteiger partial charge in [0.25, 0.3) is 0 Å². The van der Waals surface area contributed by atoms with Crippen molar-refractivity contribution in [3.05, 3.63) is 0 Å². The minimum Gasteiger partial charge on any atom is -0.377 e. The summed E-state index contributed by atoms with van der Waals surface area (Å²) >= 11 is 0. The van der Waals surface area contributed by atoms with Gasteiger partial charge in [0, 0.05) is 0 Å². The first-order valence-corrected chi connectivity index (χ1v) is 12.6. The molecule has 4 unspecified atom stereocenters. The van der Waals surface area contributed by atoms with Gasteiger partial charge < -0.3 is 28.4 Å². The average Bonchev–Trinajstić information content (AvgIpc) is 2.72. The molecule has 1 saturated heterocycles. The van der Waals surface area contributed by atoms with Crippen LogP contribution in [0.1, 0.15) is 77.0 Å². The highest BCUT2D eigenvalue weighted by molar-refractivity contribution is 4.75. The maximum atomic E-state index is 6.19. The van der Waals surface area contributed by atoms with Crippen LogP contribution in [0, 0.1) is 0 Å². The van der Waals surface area contributed by atoms with Gasteiger partial charge in [-0.3, -0.25) is 0 Å². The van der Waals surface area contributed by atoms with Crippen LogP contribution in [0.25, 0.3) is 0 Å². The predicted octanol–water partition coefficient (Wildman–Crippen LogP) is 4.28. The molecule has 1 heterocycles. The number of fused-ring (bicyclic) bond motifs is 2. The molecule has 3 fully saturated rings. The van der Waals surface area contributed by atoms with Crippen molar-refractivity contribution in [2.45, 2.75) is 101 Å². The molecule has 3 aliphatic rings. The Morgan fingerprint density at radius 1 is 0.300 bits per heavy atom. The maximum Gasteiger partial charge on any atom is 0.0837 e. The minimum atomic E-state index is 0.169. The molecule has 0 aromatic heterocycles. The Hall–Kier alpha value is -0.240. The lowest BCUT2D eigenvalue weighted by atomic mass is 9.96. The summed E-state index contributed by atoms with van der Waals surface area (Å²) < 4.78 is 36.4. The zero-order valence-corrected chi connectivity index (χ0v) is 18.9. The summed E-state index contributed by atoms with van der Waals surface area (Å²) in [7, 11) is 0. The van der Waals surface area contributed by atoms with Gasteiger partial charge in [0.05, 0.1) is 77.3 Å². The second-order valence-electron chi connectivity index (χ2n) is 8.84. The van der Waals surface area contributed by atoms with Crippen LogP contribution in [0.3, 0.4) is 0 Å². The summed E-state index contributed by atoms with van der Waals surface area (Å²) in [6.45, 7) is 4.93. The Balaban J connectivity index is 1.48. The molecule has 0 bridgehead atoms. The van der Waals surface area contributed by atoms with Crippen molar-refractivity contribution in [2.75, 3.05) is 52.9 Å². The van der Waals surface area contributed by atoms with Crippen LogP contribution >= 0.6 is 0 Å². The SMILES string of the molecule is C1CCCC2OCCOCCOC3CCCCCCC3OCCOCCOC2CC1. The van der Waals surface area contributed by atoms with Crippen molar-refractivity contribution in [3.63, 3.8) is 0 Å². The summed E-state index contributed by atoms with van der Waals surface area (Å²) in [5, 5.41) is 0. The first-order valence-electron chi connectivity index (χ1n) is 12.6. The van der Waals surface area contributed by atoms with E-state index in [1.54, 1.807) is 0 Å². The first-order chi connectivity index (χ1) is 14.9. The topological polar surface area (TPSA) is 55.4 Å². The molecule has 6 heteroatoms. The monoisotopic (exact) mass is 428 g/mol. The lowest BCUT2D eigenvalue weighted by molar-refractivity contribution is -0.122. The molecule has 0 aromatic carbocycles. The van der Waals surface area contributed by atoms with E-state index in [9.17, 15) is 0 Å². The molecular weight excluding hydrogens is 384 g/mol. The molecule has 30 heavy (non-hydrogen) atoms. The molecule has 4 atom stereocenters. The molecule has 2 saturated carbocycles. The highest BCUT2D eigenvalue weighted by Gasteiger charge is 2.25. The Labute approximate surface area is 183 Å². The summed E-state index contributed by atoms with van der Waals surface area (Å²) in [6, 6.07) is 0. The Kier molecular flexibility index (Phi) is 12.6. The molecule has 0 amide bonds. The van der Waals surface area contributed by atoms with E-state index in [1.807, 2.05) is 0 Å². The lowest BCUT2D eigenvalue weighted by Crippen LogP contribution is -2.36. The van der Waals surface area contributed by atoms with Crippen LogP contribution in [0.15, 0.2) is 0 Å². The van der Waals surface area contributed by atoms with Crippen molar-refractivity contribution in [2.24, 2.45) is 0 Å². The minimum absolute atomic E-state index is 0.169. The zero-order chi connectivity index (χ0) is 20.7. The van der Waals surface area contributed by atoms with Crippen molar-refractivity contribution < 1.29 is 28.4 Å². The van der Waals surface area contributed by atoms with Gasteiger partial charge in [0.1, 0.15) is 0 Å². The van der Waals surface area contributed by atoms with Gasteiger partial charge >= 0.3 is 0 Å². The number of ether oxygens (including phenoxy) is 6. The van der Waals surface area contributed by atoms with Crippen LogP contribution in [0.4, 0.5) is 0 Å². The number of hydrogen-bond donors (Lipinski definition) is 0. The smallest absolute Gasteiger partial charge is 0.0837 e. The Bertz CT molecular complexity index is 347. The molecule has 0 spiro atoms. The van der Waals surface area contributed by atoms with Gasteiger partial charge in [-0.05, 0) is 25.7 Å². The van der Waals surface area contributed by atoms with Crippen LogP contribution in [-0.2, 0) is 28.4 Å². The Morgan fingerprint density at radius 2 is 0.567 bits per heavy atom. The van der Waals surface area contributed by atoms with Gasteiger partial charge in [-0.25, -0.2) is 0 Å². The second kappa shape index (κ2) is 15.5. The third-order valence-corrected chi connectivity index (χ3v) is 6.52. The van der Waals surface area contributed by atoms with Crippen LogP contribution in [0.2, 0.25) is 0 Å². The fourth-order valence-electron chi connectivity index (χ4n) is 4.83. The zero-order valence-electron chi connectivity index (χ0n) is 18.9. The normalized spacial score (nSPS) is 35.2. The standard InChI is InChI=1S/C24H44O6/c1-2-6-10-22-21(9-5-1)27-17-13-25-15-19-29-23-11-7-3-4-8-12-24(23)30-20-16-26-14-18-28-22/h21-24H,1-20H2. The summed E-state index contributed by atoms with van der Waals surface area (Å²) in [5.41, 5.74) is 0. The third kappa shape index (κ3) is 9.49. The lowest BCUT2D eigenvalue weighted by Gasteiger charge is -2.30. The predicted molar refractivity (Wildman–Crippen MR) is 116 cm³/mol. The van der Waals surface area contributed by atoms with E-state index in [-0.39, 0.29) is 24.4 Å². The molecule has 2 aliphatic carbocycles. The largest absolute Gasteiger partial charge is 0.377 e. The van der Waals surface area contributed by atoms with Crippen molar-refractivity contribution in [1.29, 1.82) is 0 Å². The van der Waals surface area contributed by atoms with Crippen LogP contribution in [0.5, 0.6) is 0 Å². The Morgan fingerprint density at radius 3 is 0.833 bits per heavy atom. The highest BCUT2D eigenvalue weighted by atomic mass is 16.6. The van der Waals surface area contributed by atoms with E-state index in [4.69, 9.17) is 28.4 Å². The third-order valence-electron chi connectivity index (χ3n) is 6.52. The van der Waals surface area contributed by atoms with Gasteiger partial charge in [0.2, 0.25) is 0 Å². The maximum absolute atomic E-state index is 6.19. The number of hydrogen-bond acceptors (Lipinski definition) is 6. The van der Waals surface area contributed by atoms with E-state index < -0.39 is 0 Å². The molecule has 6 nitrogen and oxygen atoms in total. The quantitative estimate of drug-likeness (QED) is 0.574. The molecule has 0 N–H and O–H groups in total. The summed E-state index contributed by atoms with van der Waals surface area (Å²) in [5.74, 6) is 0. The van der Waals surface area contributed by atoms with Crippen molar-refractivity contribution in [1.82, 2.24) is 0 Å². The second-order valence-corrected chi connectivity index (χ2v) is 8.84. The number of rotatable bonds is 0. The van der Waals surface area contributed by atoms with Crippen LogP contribution in [-0.4, -0.2) is 77.3 Å². The van der Waals surface area contributed by atoms with Gasteiger partial charge in [-0.2, -0.15) is 0 Å². The van der Waals surface area contributed by atoms with Gasteiger partial charge in [0.15, 0.2) is 0 Å². The van der Waals surface area contributed by atoms with Gasteiger partial charge in [-0.15, -0.1) is 0 Å². The van der Waals surface area contributed by atoms with Crippen LogP contribution < -0.4 is 0 Å². The molecule has 0 radical (unpaired) electrons. The first kappa shape index (κ1) is 24.4. The van der Waals surface area contributed by atoms with E-state index in [0.29, 0.717) is 52.9 Å². The summed E-state index contributed by atoms with van der Waals surface area (Å²) in [4.78, 5) is 0. The van der Waals surface area contributed by atoms with E-state index in [2.05, 4.69) is 0 Å². The molecule has 176 valence electrons. The fourth-order valence-corrected chi connectivity index (χ4v) is 4.83. The molecular formula is C24H44O6. The molecule has 1 aliphatic heterocycles. The molecule has 3 rings (SSSR count). The van der Waals surface area contributed by atoms with E-state index in [1.165, 1.54) is 51.4 Å². The van der Waals surface area contributed by atoms with Gasteiger partial charge in [-0.1, -0.05) is 51.4 Å². The fraction of sp³-hybridized carbons (Fsp3) is 1.00.